The van der Waals surface area contributed by atoms with Gasteiger partial charge >= 0.3 is 0 Å². The van der Waals surface area contributed by atoms with Crippen LogP contribution in [0.3, 0.4) is 0 Å². The van der Waals surface area contributed by atoms with E-state index < -0.39 is 0 Å². The number of fused-ring (bicyclic) bond motifs is 1. The highest BCUT2D eigenvalue weighted by Gasteiger charge is 2.31. The Morgan fingerprint density at radius 2 is 1.71 bits per heavy atom. The van der Waals surface area contributed by atoms with Crippen LogP contribution >= 0.6 is 0 Å². The van der Waals surface area contributed by atoms with Crippen LogP contribution in [0.25, 0.3) is 0 Å². The zero-order valence-corrected chi connectivity index (χ0v) is 17.5. The van der Waals surface area contributed by atoms with Gasteiger partial charge in [0.1, 0.15) is 0 Å². The van der Waals surface area contributed by atoms with E-state index in [1.165, 1.54) is 62.8 Å². The van der Waals surface area contributed by atoms with Gasteiger partial charge in [0.05, 0.1) is 13.2 Å². The molecule has 1 saturated carbocycles. The van der Waals surface area contributed by atoms with Crippen LogP contribution in [0.5, 0.6) is 0 Å². The Labute approximate surface area is 171 Å². The van der Waals surface area contributed by atoms with Crippen molar-refractivity contribution in [3.8, 4) is 0 Å². The first kappa shape index (κ1) is 20.2. The molecule has 0 spiro atoms. The van der Waals surface area contributed by atoms with Gasteiger partial charge in [0.25, 0.3) is 0 Å². The average molecular weight is 389 g/mol. The van der Waals surface area contributed by atoms with Gasteiger partial charge in [-0.3, -0.25) is 0 Å². The molecule has 2 aliphatic heterocycles. The second-order valence-corrected chi connectivity index (χ2v) is 9.19. The summed E-state index contributed by atoms with van der Waals surface area (Å²) in [6.45, 7) is 4.84. The lowest BCUT2D eigenvalue weighted by Gasteiger charge is -2.39. The van der Waals surface area contributed by atoms with E-state index in [1.807, 2.05) is 0 Å². The summed E-state index contributed by atoms with van der Waals surface area (Å²) in [5, 5.41) is 7.90. The van der Waals surface area contributed by atoms with Crippen molar-refractivity contribution in [1.29, 1.82) is 0 Å². The van der Waals surface area contributed by atoms with Crippen LogP contribution in [0.2, 0.25) is 0 Å². The number of morpholine rings is 1. The molecule has 0 aromatic rings. The zero-order chi connectivity index (χ0) is 19.2. The van der Waals surface area contributed by atoms with Crippen LogP contribution < -0.4 is 16.4 Å². The van der Waals surface area contributed by atoms with Gasteiger partial charge < -0.3 is 26.0 Å². The third kappa shape index (κ3) is 5.31. The monoisotopic (exact) mass is 388 g/mol. The predicted octanol–water partition coefficient (Wildman–Crippen LogP) is 2.89. The normalized spacial score (nSPS) is 35.4. The Balaban J connectivity index is 1.52. The van der Waals surface area contributed by atoms with E-state index in [4.69, 9.17) is 10.5 Å². The average Bonchev–Trinajstić information content (AvgIpc) is 2.74. The number of nitrogens with two attached hydrogens (primary N) is 1. The zero-order valence-electron chi connectivity index (χ0n) is 17.5. The quantitative estimate of drug-likeness (QED) is 0.694. The summed E-state index contributed by atoms with van der Waals surface area (Å²) in [6.07, 6.45) is 17.8. The van der Waals surface area contributed by atoms with Gasteiger partial charge in [-0.25, -0.2) is 0 Å². The van der Waals surface area contributed by atoms with Gasteiger partial charge in [-0.05, 0) is 57.2 Å². The molecular formula is C23H40N4O. The molecule has 28 heavy (non-hydrogen) atoms. The molecule has 2 saturated heterocycles. The minimum Gasteiger partial charge on any atom is -0.385 e. The summed E-state index contributed by atoms with van der Waals surface area (Å²) in [4.78, 5) is 2.51. The number of nitrogens with one attached hydrogen (secondary N) is 2. The van der Waals surface area contributed by atoms with E-state index in [0.29, 0.717) is 24.0 Å². The van der Waals surface area contributed by atoms with Crippen LogP contribution in [-0.2, 0) is 4.74 Å². The molecule has 2 atom stereocenters. The third-order valence-corrected chi connectivity index (χ3v) is 7.08. The van der Waals surface area contributed by atoms with Crippen molar-refractivity contribution in [3.05, 3.63) is 23.5 Å². The van der Waals surface area contributed by atoms with Crippen LogP contribution in [-0.4, -0.2) is 55.9 Å². The first-order valence-corrected chi connectivity index (χ1v) is 11.8. The van der Waals surface area contributed by atoms with Gasteiger partial charge in [-0.2, -0.15) is 0 Å². The summed E-state index contributed by atoms with van der Waals surface area (Å²) in [5.74, 6) is 0.582. The molecule has 158 valence electrons. The summed E-state index contributed by atoms with van der Waals surface area (Å²) >= 11 is 0. The molecule has 2 unspecified atom stereocenters. The van der Waals surface area contributed by atoms with Gasteiger partial charge in [0.15, 0.2) is 0 Å². The fourth-order valence-electron chi connectivity index (χ4n) is 5.30. The molecule has 4 rings (SSSR count). The van der Waals surface area contributed by atoms with E-state index in [0.717, 1.165) is 45.7 Å². The van der Waals surface area contributed by atoms with Gasteiger partial charge in [0, 0.05) is 48.5 Å². The molecular weight excluding hydrogens is 348 g/mol. The number of rotatable bonds is 3. The summed E-state index contributed by atoms with van der Waals surface area (Å²) in [6, 6.07) is 1.45. The molecule has 5 heteroatoms. The second-order valence-electron chi connectivity index (χ2n) is 9.19. The molecule has 0 aromatic heterocycles. The number of hydrogen-bond donors (Lipinski definition) is 3. The Bertz CT molecular complexity index is 547. The first-order valence-electron chi connectivity index (χ1n) is 11.8. The van der Waals surface area contributed by atoms with Crippen molar-refractivity contribution in [1.82, 2.24) is 15.5 Å². The molecule has 0 bridgehead atoms. The minimum absolute atomic E-state index is 0.408. The SMILES string of the molecule is NC1CCC(NC2=CC(N3CCOCC3)=CC3NCCCCCCCC23)CC1. The fraction of sp³-hybridized carbons (Fsp3) is 0.826. The Morgan fingerprint density at radius 3 is 2.54 bits per heavy atom. The molecule has 4 aliphatic rings. The van der Waals surface area contributed by atoms with Crippen LogP contribution in [0.15, 0.2) is 23.5 Å². The van der Waals surface area contributed by atoms with Crippen molar-refractivity contribution in [2.45, 2.75) is 82.3 Å². The summed E-state index contributed by atoms with van der Waals surface area (Å²) in [7, 11) is 0. The highest BCUT2D eigenvalue weighted by atomic mass is 16.5. The lowest BCUT2D eigenvalue weighted by atomic mass is 9.83. The molecule has 0 aromatic carbocycles. The molecule has 2 heterocycles. The summed E-state index contributed by atoms with van der Waals surface area (Å²) in [5.41, 5.74) is 9.01. The number of allylic oxidation sites excluding steroid dienone is 1. The van der Waals surface area contributed by atoms with Crippen LogP contribution in [0.4, 0.5) is 0 Å². The van der Waals surface area contributed by atoms with Crippen LogP contribution in [0.1, 0.15) is 64.2 Å². The van der Waals surface area contributed by atoms with E-state index in [2.05, 4.69) is 27.7 Å². The van der Waals surface area contributed by atoms with E-state index in [9.17, 15) is 0 Å². The Kier molecular flexibility index (Phi) is 7.32. The van der Waals surface area contributed by atoms with Crippen LogP contribution in [0, 0.1) is 5.92 Å². The molecule has 0 radical (unpaired) electrons. The first-order chi connectivity index (χ1) is 13.8. The predicted molar refractivity (Wildman–Crippen MR) is 115 cm³/mol. The van der Waals surface area contributed by atoms with Crippen molar-refractivity contribution >= 4 is 0 Å². The molecule has 3 fully saturated rings. The van der Waals surface area contributed by atoms with Crippen molar-refractivity contribution < 1.29 is 4.74 Å². The maximum Gasteiger partial charge on any atom is 0.0642 e. The Morgan fingerprint density at radius 1 is 0.964 bits per heavy atom. The van der Waals surface area contributed by atoms with Crippen molar-refractivity contribution in [2.24, 2.45) is 11.7 Å². The standard InChI is InChI=1S/C23H40N4O/c24-18-7-9-19(10-8-18)26-23-17-20(27-12-14-28-15-13-27)16-22-21(23)6-4-2-1-3-5-11-25-22/h16-19,21-22,25-26H,1-15,24H2. The smallest absolute Gasteiger partial charge is 0.0642 e. The maximum atomic E-state index is 6.15. The summed E-state index contributed by atoms with van der Waals surface area (Å²) < 4.78 is 5.59. The fourth-order valence-corrected chi connectivity index (χ4v) is 5.30. The van der Waals surface area contributed by atoms with Gasteiger partial charge in [0.2, 0.25) is 0 Å². The van der Waals surface area contributed by atoms with E-state index in [-0.39, 0.29) is 0 Å². The highest BCUT2D eigenvalue weighted by molar-refractivity contribution is 5.33. The lowest BCUT2D eigenvalue weighted by molar-refractivity contribution is 0.0546. The number of hydrogen-bond acceptors (Lipinski definition) is 5. The Hall–Kier alpha value is -1.04. The third-order valence-electron chi connectivity index (χ3n) is 7.08. The number of nitrogens with zero attached hydrogens (tertiary/aromatic N) is 1. The molecule has 0 amide bonds. The maximum absolute atomic E-state index is 6.15. The van der Waals surface area contributed by atoms with Gasteiger partial charge in [-0.15, -0.1) is 0 Å². The molecule has 5 nitrogen and oxygen atoms in total. The van der Waals surface area contributed by atoms with Gasteiger partial charge in [-0.1, -0.05) is 25.7 Å². The topological polar surface area (TPSA) is 62.5 Å². The minimum atomic E-state index is 0.408. The van der Waals surface area contributed by atoms with Crippen molar-refractivity contribution in [2.75, 3.05) is 32.8 Å². The van der Waals surface area contributed by atoms with E-state index >= 15 is 0 Å². The second kappa shape index (κ2) is 10.1. The van der Waals surface area contributed by atoms with E-state index in [1.54, 1.807) is 0 Å². The molecule has 2 aliphatic carbocycles. The molecule has 4 N–H and O–H groups in total. The number of ether oxygens (including phenoxy) is 1. The lowest BCUT2D eigenvalue weighted by Crippen LogP contribution is -2.46. The van der Waals surface area contributed by atoms with Crippen molar-refractivity contribution in [3.63, 3.8) is 0 Å². The highest BCUT2D eigenvalue weighted by Crippen LogP contribution is 2.32. The largest absolute Gasteiger partial charge is 0.385 e.